The van der Waals surface area contributed by atoms with E-state index in [-0.39, 0.29) is 17.9 Å². The van der Waals surface area contributed by atoms with Crippen molar-refractivity contribution in [3.05, 3.63) is 45.3 Å². The molecule has 1 N–H and O–H groups in total. The van der Waals surface area contributed by atoms with E-state index in [0.29, 0.717) is 27.3 Å². The van der Waals surface area contributed by atoms with Gasteiger partial charge in [-0.05, 0) is 48.3 Å². The van der Waals surface area contributed by atoms with Crippen LogP contribution in [0.15, 0.2) is 24.3 Å². The highest BCUT2D eigenvalue weighted by molar-refractivity contribution is 7.16. The van der Waals surface area contributed by atoms with Crippen molar-refractivity contribution < 1.29 is 9.53 Å². The molecule has 1 unspecified atom stereocenters. The third-order valence-corrected chi connectivity index (χ3v) is 6.53. The Morgan fingerprint density at radius 2 is 2.15 bits per heavy atom. The number of nitriles is 1. The van der Waals surface area contributed by atoms with Crippen molar-refractivity contribution in [2.45, 2.75) is 40.0 Å². The second-order valence-electron chi connectivity index (χ2n) is 7.89. The fraction of sp³-hybridized carbons (Fsp3) is 0.429. The van der Waals surface area contributed by atoms with Crippen LogP contribution < -0.4 is 10.1 Å². The minimum atomic E-state index is -0.294. The van der Waals surface area contributed by atoms with Crippen LogP contribution in [-0.2, 0) is 17.6 Å². The predicted octanol–water partition coefficient (Wildman–Crippen LogP) is 5.44. The highest BCUT2D eigenvalue weighted by Crippen LogP contribution is 2.43. The van der Waals surface area contributed by atoms with Crippen LogP contribution in [0.5, 0.6) is 5.75 Å². The number of nitrogens with zero attached hydrogens (tertiary/aromatic N) is 1. The Bertz CT molecular complexity index is 893. The van der Waals surface area contributed by atoms with Gasteiger partial charge in [-0.25, -0.2) is 0 Å². The summed E-state index contributed by atoms with van der Waals surface area (Å²) in [4.78, 5) is 13.5. The lowest BCUT2D eigenvalue weighted by atomic mass is 9.72. The highest BCUT2D eigenvalue weighted by Gasteiger charge is 2.32. The van der Waals surface area contributed by atoms with E-state index in [1.54, 1.807) is 24.3 Å². The number of carbonyl (C=O) groups is 1. The number of amides is 1. The molecule has 1 heterocycles. The summed E-state index contributed by atoms with van der Waals surface area (Å²) in [5.74, 6) is 0.757. The van der Waals surface area contributed by atoms with Crippen molar-refractivity contribution in [1.29, 1.82) is 5.26 Å². The molecule has 4 nitrogen and oxygen atoms in total. The number of carbonyl (C=O) groups excluding carboxylic acids is 1. The van der Waals surface area contributed by atoms with E-state index >= 15 is 0 Å². The molecule has 0 aliphatic heterocycles. The van der Waals surface area contributed by atoms with Gasteiger partial charge in [0, 0.05) is 4.88 Å². The molecule has 2 aromatic rings. The number of nitrogens with one attached hydrogen (secondary N) is 1. The Balaban J connectivity index is 1.71. The lowest BCUT2D eigenvalue weighted by Crippen LogP contribution is -2.26. The maximum absolute atomic E-state index is 12.3. The average Bonchev–Trinajstić information content (AvgIpc) is 2.96. The Morgan fingerprint density at radius 1 is 1.41 bits per heavy atom. The zero-order valence-electron chi connectivity index (χ0n) is 15.8. The van der Waals surface area contributed by atoms with Crippen LogP contribution in [0.4, 0.5) is 5.00 Å². The molecule has 6 heteroatoms. The maximum Gasteiger partial charge on any atom is 0.262 e. The molecule has 27 heavy (non-hydrogen) atoms. The van der Waals surface area contributed by atoms with Crippen LogP contribution in [0.3, 0.4) is 0 Å². The average molecular weight is 403 g/mol. The molecule has 1 amide bonds. The smallest absolute Gasteiger partial charge is 0.262 e. The Hall–Kier alpha value is -2.03. The van der Waals surface area contributed by atoms with Crippen molar-refractivity contribution in [3.63, 3.8) is 0 Å². The van der Waals surface area contributed by atoms with Gasteiger partial charge < -0.3 is 10.1 Å². The molecule has 3 rings (SSSR count). The molecule has 0 fully saturated rings. The van der Waals surface area contributed by atoms with Crippen molar-refractivity contribution >= 4 is 33.8 Å². The number of halogens is 1. The second kappa shape index (κ2) is 7.92. The van der Waals surface area contributed by atoms with E-state index in [2.05, 4.69) is 32.2 Å². The van der Waals surface area contributed by atoms with Crippen LogP contribution in [0.1, 0.15) is 43.2 Å². The fourth-order valence-electron chi connectivity index (χ4n) is 3.40. The summed E-state index contributed by atoms with van der Waals surface area (Å²) in [5, 5.41) is 13.5. The first-order valence-electron chi connectivity index (χ1n) is 9.01. The number of thiophene rings is 1. The minimum absolute atomic E-state index is 0.151. The van der Waals surface area contributed by atoms with Crippen molar-refractivity contribution in [1.82, 2.24) is 0 Å². The van der Waals surface area contributed by atoms with Crippen LogP contribution in [-0.4, -0.2) is 12.5 Å². The zero-order valence-corrected chi connectivity index (χ0v) is 17.3. The summed E-state index contributed by atoms with van der Waals surface area (Å²) < 4.78 is 5.49. The SMILES string of the molecule is CC(C)(C)C1CCc2c(sc(NC(=O)COc3ccccc3Cl)c2C#N)C1. The molecule has 0 bridgehead atoms. The molecule has 0 spiro atoms. The maximum atomic E-state index is 12.3. The minimum Gasteiger partial charge on any atom is -0.482 e. The van der Waals surface area contributed by atoms with Gasteiger partial charge in [-0.2, -0.15) is 5.26 Å². The molecule has 1 aromatic heterocycles. The Morgan fingerprint density at radius 3 is 2.81 bits per heavy atom. The number of hydrogen-bond acceptors (Lipinski definition) is 4. The summed E-state index contributed by atoms with van der Waals surface area (Å²) >= 11 is 7.56. The van der Waals surface area contributed by atoms with Crippen LogP contribution in [0.2, 0.25) is 5.02 Å². The highest BCUT2D eigenvalue weighted by atomic mass is 35.5. The Labute approximate surface area is 169 Å². The summed E-state index contributed by atoms with van der Waals surface area (Å²) in [5.41, 5.74) is 1.94. The number of benzene rings is 1. The lowest BCUT2D eigenvalue weighted by molar-refractivity contribution is -0.118. The van der Waals surface area contributed by atoms with E-state index in [4.69, 9.17) is 16.3 Å². The first-order chi connectivity index (χ1) is 12.8. The third kappa shape index (κ3) is 4.45. The number of ether oxygens (including phenoxy) is 1. The Kier molecular flexibility index (Phi) is 5.78. The molecular formula is C21H23ClN2O2S. The number of anilines is 1. The third-order valence-electron chi connectivity index (χ3n) is 5.05. The first kappa shape index (κ1) is 19.7. The normalized spacial score (nSPS) is 16.3. The van der Waals surface area contributed by atoms with Crippen LogP contribution in [0.25, 0.3) is 0 Å². The van der Waals surface area contributed by atoms with E-state index < -0.39 is 0 Å². The van der Waals surface area contributed by atoms with Gasteiger partial charge in [-0.3, -0.25) is 4.79 Å². The van der Waals surface area contributed by atoms with E-state index in [1.807, 2.05) is 0 Å². The number of para-hydroxylation sites is 1. The summed E-state index contributed by atoms with van der Waals surface area (Å²) in [6.07, 6.45) is 2.93. The van der Waals surface area contributed by atoms with Gasteiger partial charge in [0.15, 0.2) is 6.61 Å². The quantitative estimate of drug-likeness (QED) is 0.740. The number of hydrogen-bond donors (Lipinski definition) is 1. The second-order valence-corrected chi connectivity index (χ2v) is 9.41. The molecular weight excluding hydrogens is 380 g/mol. The number of fused-ring (bicyclic) bond motifs is 1. The fourth-order valence-corrected chi connectivity index (χ4v) is 4.88. The van der Waals surface area contributed by atoms with Crippen molar-refractivity contribution in [2.24, 2.45) is 11.3 Å². The van der Waals surface area contributed by atoms with E-state index in [9.17, 15) is 10.1 Å². The van der Waals surface area contributed by atoms with Gasteiger partial charge in [0.25, 0.3) is 5.91 Å². The molecule has 1 atom stereocenters. The number of rotatable bonds is 4. The largest absolute Gasteiger partial charge is 0.482 e. The summed E-state index contributed by atoms with van der Waals surface area (Å²) in [6.45, 7) is 6.63. The van der Waals surface area contributed by atoms with Crippen LogP contribution >= 0.6 is 22.9 Å². The lowest BCUT2D eigenvalue weighted by Gasteiger charge is -2.33. The summed E-state index contributed by atoms with van der Waals surface area (Å²) in [7, 11) is 0. The molecule has 1 aromatic carbocycles. The van der Waals surface area contributed by atoms with Crippen molar-refractivity contribution in [3.8, 4) is 11.8 Å². The van der Waals surface area contributed by atoms with E-state index in [1.165, 1.54) is 16.2 Å². The molecule has 0 saturated heterocycles. The first-order valence-corrected chi connectivity index (χ1v) is 10.2. The standard InChI is InChI=1S/C21H23ClN2O2S/c1-21(2,3)13-8-9-14-15(11-23)20(27-18(14)10-13)24-19(25)12-26-17-7-5-4-6-16(17)22/h4-7,13H,8-10,12H2,1-3H3,(H,24,25). The molecule has 0 radical (unpaired) electrons. The van der Waals surface area contributed by atoms with Gasteiger partial charge in [0.2, 0.25) is 0 Å². The monoisotopic (exact) mass is 402 g/mol. The molecule has 142 valence electrons. The summed E-state index contributed by atoms with van der Waals surface area (Å²) in [6, 6.07) is 9.30. The van der Waals surface area contributed by atoms with Crippen LogP contribution in [0, 0.1) is 22.7 Å². The van der Waals surface area contributed by atoms with Crippen molar-refractivity contribution in [2.75, 3.05) is 11.9 Å². The zero-order chi connectivity index (χ0) is 19.6. The van der Waals surface area contributed by atoms with Gasteiger partial charge in [0.05, 0.1) is 10.6 Å². The predicted molar refractivity (Wildman–Crippen MR) is 110 cm³/mol. The van der Waals surface area contributed by atoms with Gasteiger partial charge in [0.1, 0.15) is 16.8 Å². The molecule has 1 aliphatic rings. The van der Waals surface area contributed by atoms with Gasteiger partial charge >= 0.3 is 0 Å². The molecule has 1 aliphatic carbocycles. The van der Waals surface area contributed by atoms with Gasteiger partial charge in [-0.1, -0.05) is 44.5 Å². The van der Waals surface area contributed by atoms with E-state index in [0.717, 1.165) is 24.8 Å². The van der Waals surface area contributed by atoms with Gasteiger partial charge in [-0.15, -0.1) is 11.3 Å². The molecule has 0 saturated carbocycles. The topological polar surface area (TPSA) is 62.1 Å².